The van der Waals surface area contributed by atoms with E-state index in [9.17, 15) is 9.59 Å². The Hall–Kier alpha value is -1.10. The summed E-state index contributed by atoms with van der Waals surface area (Å²) in [7, 11) is 1.17. The number of esters is 2. The summed E-state index contributed by atoms with van der Waals surface area (Å²) in [6, 6.07) is -1.32. The largest absolute Gasteiger partial charge is 0.467 e. The molecule has 0 radical (unpaired) electrons. The average molecular weight is 189 g/mol. The molecule has 0 saturated carbocycles. The predicted molar refractivity (Wildman–Crippen MR) is 45.9 cm³/mol. The van der Waals surface area contributed by atoms with Crippen molar-refractivity contribution < 1.29 is 19.1 Å². The molecule has 0 aromatic rings. The summed E-state index contributed by atoms with van der Waals surface area (Å²) < 4.78 is 8.98. The van der Waals surface area contributed by atoms with Crippen LogP contribution in [0.3, 0.4) is 0 Å². The number of unbranched alkanes of at least 4 members (excludes halogenated alkanes) is 1. The van der Waals surface area contributed by atoms with Gasteiger partial charge in [0.1, 0.15) is 0 Å². The van der Waals surface area contributed by atoms with Gasteiger partial charge in [-0.15, -0.1) is 0 Å². The maximum Gasteiger partial charge on any atom is 0.334 e. The van der Waals surface area contributed by atoms with Crippen LogP contribution in [-0.2, 0) is 19.1 Å². The standard InChI is InChI=1S/C8H15NO4/c1-3-4-5-13-8(11)6(9)7(10)12-2/h6H,3-5,9H2,1-2H3. The lowest BCUT2D eigenvalue weighted by atomic mass is 10.3. The smallest absolute Gasteiger partial charge is 0.334 e. The lowest BCUT2D eigenvalue weighted by Crippen LogP contribution is -2.40. The SMILES string of the molecule is CCCCOC(=O)C(N)C(=O)OC. The summed E-state index contributed by atoms with van der Waals surface area (Å²) in [5.41, 5.74) is 5.20. The summed E-state index contributed by atoms with van der Waals surface area (Å²) in [6.45, 7) is 2.26. The number of nitrogens with two attached hydrogens (primary N) is 1. The molecular weight excluding hydrogens is 174 g/mol. The third-order valence-electron chi connectivity index (χ3n) is 1.45. The van der Waals surface area contributed by atoms with Crippen molar-refractivity contribution in [1.29, 1.82) is 0 Å². The Morgan fingerprint density at radius 2 is 2.00 bits per heavy atom. The molecular formula is C8H15NO4. The molecule has 5 nitrogen and oxygen atoms in total. The Morgan fingerprint density at radius 1 is 1.38 bits per heavy atom. The van der Waals surface area contributed by atoms with Crippen LogP contribution in [0.25, 0.3) is 0 Å². The average Bonchev–Trinajstić information content (AvgIpc) is 2.15. The summed E-state index contributed by atoms with van der Waals surface area (Å²) in [6.07, 6.45) is 1.68. The van der Waals surface area contributed by atoms with Crippen molar-refractivity contribution in [2.45, 2.75) is 25.8 Å². The van der Waals surface area contributed by atoms with Crippen molar-refractivity contribution in [1.82, 2.24) is 0 Å². The first-order chi connectivity index (χ1) is 6.13. The van der Waals surface area contributed by atoms with Crippen LogP contribution in [0.15, 0.2) is 0 Å². The highest BCUT2D eigenvalue weighted by atomic mass is 16.5. The van der Waals surface area contributed by atoms with Crippen LogP contribution >= 0.6 is 0 Å². The van der Waals surface area contributed by atoms with Crippen LogP contribution < -0.4 is 5.73 Å². The fraction of sp³-hybridized carbons (Fsp3) is 0.750. The van der Waals surface area contributed by atoms with Crippen molar-refractivity contribution in [2.24, 2.45) is 5.73 Å². The normalized spacial score (nSPS) is 11.9. The molecule has 0 aliphatic rings. The van der Waals surface area contributed by atoms with Gasteiger partial charge in [0.2, 0.25) is 6.04 Å². The highest BCUT2D eigenvalue weighted by Crippen LogP contribution is 1.92. The van der Waals surface area contributed by atoms with Gasteiger partial charge in [-0.1, -0.05) is 13.3 Å². The Kier molecular flexibility index (Phi) is 5.88. The van der Waals surface area contributed by atoms with E-state index in [-0.39, 0.29) is 0 Å². The molecule has 0 bridgehead atoms. The second-order valence-electron chi connectivity index (χ2n) is 2.52. The van der Waals surface area contributed by atoms with Crippen LogP contribution in [0.5, 0.6) is 0 Å². The molecule has 1 unspecified atom stereocenters. The maximum atomic E-state index is 11.0. The molecule has 1 atom stereocenters. The van der Waals surface area contributed by atoms with Gasteiger partial charge in [-0.05, 0) is 6.42 Å². The number of rotatable bonds is 5. The molecule has 0 aromatic heterocycles. The van der Waals surface area contributed by atoms with Gasteiger partial charge < -0.3 is 15.2 Å². The van der Waals surface area contributed by atoms with Gasteiger partial charge in [-0.3, -0.25) is 0 Å². The number of carbonyl (C=O) groups excluding carboxylic acids is 2. The first-order valence-electron chi connectivity index (χ1n) is 4.13. The summed E-state index contributed by atoms with van der Waals surface area (Å²) in [5.74, 6) is -1.51. The summed E-state index contributed by atoms with van der Waals surface area (Å²) >= 11 is 0. The Balaban J connectivity index is 3.76. The zero-order valence-corrected chi connectivity index (χ0v) is 7.91. The zero-order valence-electron chi connectivity index (χ0n) is 7.91. The fourth-order valence-corrected chi connectivity index (χ4v) is 0.630. The first kappa shape index (κ1) is 11.9. The van der Waals surface area contributed by atoms with Gasteiger partial charge in [-0.25, -0.2) is 9.59 Å². The van der Waals surface area contributed by atoms with E-state index in [1.807, 2.05) is 6.92 Å². The fourth-order valence-electron chi connectivity index (χ4n) is 0.630. The third-order valence-corrected chi connectivity index (χ3v) is 1.45. The number of methoxy groups -OCH3 is 1. The zero-order chi connectivity index (χ0) is 10.3. The molecule has 5 heteroatoms. The lowest BCUT2D eigenvalue weighted by molar-refractivity contribution is -0.155. The minimum Gasteiger partial charge on any atom is -0.467 e. The van der Waals surface area contributed by atoms with Crippen LogP contribution in [0, 0.1) is 0 Å². The Morgan fingerprint density at radius 3 is 2.46 bits per heavy atom. The van der Waals surface area contributed by atoms with Gasteiger partial charge in [0, 0.05) is 0 Å². The van der Waals surface area contributed by atoms with E-state index in [2.05, 4.69) is 4.74 Å². The molecule has 0 amide bonds. The number of hydrogen-bond acceptors (Lipinski definition) is 5. The van der Waals surface area contributed by atoms with E-state index in [0.717, 1.165) is 12.8 Å². The van der Waals surface area contributed by atoms with Crippen molar-refractivity contribution in [3.8, 4) is 0 Å². The van der Waals surface area contributed by atoms with Crippen LogP contribution in [0.4, 0.5) is 0 Å². The monoisotopic (exact) mass is 189 g/mol. The summed E-state index contributed by atoms with van der Waals surface area (Å²) in [4.78, 5) is 21.7. The molecule has 2 N–H and O–H groups in total. The van der Waals surface area contributed by atoms with E-state index in [0.29, 0.717) is 6.61 Å². The quantitative estimate of drug-likeness (QED) is 0.369. The molecule has 0 heterocycles. The minimum absolute atomic E-state index is 0.292. The first-order valence-corrected chi connectivity index (χ1v) is 4.13. The molecule has 0 aliphatic heterocycles. The van der Waals surface area contributed by atoms with Crippen LogP contribution in [0.2, 0.25) is 0 Å². The molecule has 0 aromatic carbocycles. The predicted octanol–water partition coefficient (Wildman–Crippen LogP) is -0.170. The highest BCUT2D eigenvalue weighted by molar-refractivity contribution is 5.98. The minimum atomic E-state index is -1.32. The molecule has 0 spiro atoms. The van der Waals surface area contributed by atoms with Crippen LogP contribution in [-0.4, -0.2) is 31.7 Å². The van der Waals surface area contributed by atoms with E-state index in [4.69, 9.17) is 10.5 Å². The third kappa shape index (κ3) is 4.47. The van der Waals surface area contributed by atoms with Gasteiger partial charge >= 0.3 is 11.9 Å². The second kappa shape index (κ2) is 6.42. The topological polar surface area (TPSA) is 78.6 Å². The molecule has 0 saturated heterocycles. The van der Waals surface area contributed by atoms with Gasteiger partial charge in [0.15, 0.2) is 0 Å². The van der Waals surface area contributed by atoms with Crippen molar-refractivity contribution in [2.75, 3.05) is 13.7 Å². The van der Waals surface area contributed by atoms with E-state index < -0.39 is 18.0 Å². The van der Waals surface area contributed by atoms with Gasteiger partial charge in [0.25, 0.3) is 0 Å². The van der Waals surface area contributed by atoms with Crippen LogP contribution in [0.1, 0.15) is 19.8 Å². The number of ether oxygens (including phenoxy) is 2. The van der Waals surface area contributed by atoms with Crippen molar-refractivity contribution in [3.63, 3.8) is 0 Å². The van der Waals surface area contributed by atoms with E-state index >= 15 is 0 Å². The summed E-state index contributed by atoms with van der Waals surface area (Å²) in [5, 5.41) is 0. The Bertz CT molecular complexity index is 181. The molecule has 0 aliphatic carbocycles. The van der Waals surface area contributed by atoms with E-state index in [1.54, 1.807) is 0 Å². The molecule has 0 rings (SSSR count). The second-order valence-corrected chi connectivity index (χ2v) is 2.52. The molecule has 0 fully saturated rings. The van der Waals surface area contributed by atoms with E-state index in [1.165, 1.54) is 7.11 Å². The number of hydrogen-bond donors (Lipinski definition) is 1. The highest BCUT2D eigenvalue weighted by Gasteiger charge is 2.23. The Labute approximate surface area is 77.2 Å². The van der Waals surface area contributed by atoms with Crippen molar-refractivity contribution >= 4 is 11.9 Å². The maximum absolute atomic E-state index is 11.0. The van der Waals surface area contributed by atoms with Gasteiger partial charge in [0.05, 0.1) is 13.7 Å². The van der Waals surface area contributed by atoms with Gasteiger partial charge in [-0.2, -0.15) is 0 Å². The number of carbonyl (C=O) groups is 2. The lowest BCUT2D eigenvalue weighted by Gasteiger charge is -2.08. The molecule has 13 heavy (non-hydrogen) atoms. The molecule has 76 valence electrons. The van der Waals surface area contributed by atoms with Crippen molar-refractivity contribution in [3.05, 3.63) is 0 Å².